The highest BCUT2D eigenvalue weighted by molar-refractivity contribution is 7.14. The van der Waals surface area contributed by atoms with Gasteiger partial charge in [-0.05, 0) is 13.0 Å². The zero-order valence-corrected chi connectivity index (χ0v) is 12.3. The number of hydrogen-bond donors (Lipinski definition) is 1. The van der Waals surface area contributed by atoms with Crippen molar-refractivity contribution in [3.63, 3.8) is 0 Å². The number of aromatic nitrogens is 2. The summed E-state index contributed by atoms with van der Waals surface area (Å²) in [7, 11) is 1.59. The summed E-state index contributed by atoms with van der Waals surface area (Å²) in [5.74, 6) is -1.000. The number of ether oxygens (including phenoxy) is 1. The SMILES string of the molecule is CCOC(=O)c1csc(NC(=O)c2ccn(C)c(=O)c2)n1. The molecule has 110 valence electrons. The lowest BCUT2D eigenvalue weighted by atomic mass is 10.2. The van der Waals surface area contributed by atoms with Crippen LogP contribution in [0.5, 0.6) is 0 Å². The second-order valence-corrected chi connectivity index (χ2v) is 4.94. The first-order valence-electron chi connectivity index (χ1n) is 6.12. The van der Waals surface area contributed by atoms with E-state index < -0.39 is 11.9 Å². The van der Waals surface area contributed by atoms with E-state index in [9.17, 15) is 14.4 Å². The molecule has 1 amide bonds. The summed E-state index contributed by atoms with van der Waals surface area (Å²) in [5.41, 5.74) is 0.0844. The normalized spacial score (nSPS) is 10.2. The number of pyridine rings is 1. The summed E-state index contributed by atoms with van der Waals surface area (Å²) in [5, 5.41) is 4.30. The van der Waals surface area contributed by atoms with Gasteiger partial charge in [-0.3, -0.25) is 14.9 Å². The molecule has 2 heterocycles. The quantitative estimate of drug-likeness (QED) is 0.859. The van der Waals surface area contributed by atoms with Crippen molar-refractivity contribution >= 4 is 28.3 Å². The molecule has 2 rings (SSSR count). The summed E-state index contributed by atoms with van der Waals surface area (Å²) in [4.78, 5) is 38.9. The molecule has 2 aromatic heterocycles. The minimum absolute atomic E-state index is 0.140. The number of nitrogens with one attached hydrogen (secondary N) is 1. The average Bonchev–Trinajstić information content (AvgIpc) is 2.90. The van der Waals surface area contributed by atoms with E-state index in [2.05, 4.69) is 10.3 Å². The van der Waals surface area contributed by atoms with E-state index >= 15 is 0 Å². The molecular formula is C13H13N3O4S. The maximum absolute atomic E-state index is 12.0. The van der Waals surface area contributed by atoms with Crippen LogP contribution in [0.4, 0.5) is 5.13 Å². The van der Waals surface area contributed by atoms with Crippen molar-refractivity contribution in [2.45, 2.75) is 6.92 Å². The van der Waals surface area contributed by atoms with Crippen LogP contribution in [0, 0.1) is 0 Å². The maximum Gasteiger partial charge on any atom is 0.357 e. The second kappa shape index (κ2) is 6.31. The molecule has 8 heteroatoms. The van der Waals surface area contributed by atoms with Crippen molar-refractivity contribution in [3.8, 4) is 0 Å². The summed E-state index contributed by atoms with van der Waals surface area (Å²) in [6.45, 7) is 1.95. The minimum Gasteiger partial charge on any atom is -0.461 e. The molecule has 0 saturated carbocycles. The number of amides is 1. The summed E-state index contributed by atoms with van der Waals surface area (Å²) < 4.78 is 6.17. The van der Waals surface area contributed by atoms with Gasteiger partial charge in [-0.1, -0.05) is 0 Å². The van der Waals surface area contributed by atoms with E-state index in [1.54, 1.807) is 14.0 Å². The summed E-state index contributed by atoms with van der Waals surface area (Å²) in [6.07, 6.45) is 1.50. The fourth-order valence-electron chi connectivity index (χ4n) is 1.49. The molecule has 1 N–H and O–H groups in total. The molecule has 0 aliphatic rings. The van der Waals surface area contributed by atoms with Crippen molar-refractivity contribution in [2.24, 2.45) is 7.05 Å². The van der Waals surface area contributed by atoms with Crippen LogP contribution in [0.2, 0.25) is 0 Å². The first-order valence-corrected chi connectivity index (χ1v) is 7.00. The van der Waals surface area contributed by atoms with Gasteiger partial charge in [-0.25, -0.2) is 9.78 Å². The molecule has 0 unspecified atom stereocenters. The van der Waals surface area contributed by atoms with Gasteiger partial charge in [0.1, 0.15) is 0 Å². The van der Waals surface area contributed by atoms with Gasteiger partial charge in [-0.2, -0.15) is 0 Å². The third kappa shape index (κ3) is 3.54. The molecule has 21 heavy (non-hydrogen) atoms. The van der Waals surface area contributed by atoms with Crippen molar-refractivity contribution in [1.29, 1.82) is 0 Å². The lowest BCUT2D eigenvalue weighted by molar-refractivity contribution is 0.0520. The number of carbonyl (C=O) groups is 2. The molecule has 0 spiro atoms. The van der Waals surface area contributed by atoms with Crippen LogP contribution in [-0.4, -0.2) is 28.0 Å². The highest BCUT2D eigenvalue weighted by atomic mass is 32.1. The molecule has 0 atom stereocenters. The Balaban J connectivity index is 2.11. The second-order valence-electron chi connectivity index (χ2n) is 4.08. The lowest BCUT2D eigenvalue weighted by Gasteiger charge is -2.02. The number of aryl methyl sites for hydroxylation is 1. The van der Waals surface area contributed by atoms with Gasteiger partial charge < -0.3 is 9.30 Å². The number of anilines is 1. The smallest absolute Gasteiger partial charge is 0.357 e. The van der Waals surface area contributed by atoms with Gasteiger partial charge in [0, 0.05) is 30.3 Å². The van der Waals surface area contributed by atoms with Gasteiger partial charge >= 0.3 is 5.97 Å². The molecule has 0 aliphatic heterocycles. The Morgan fingerprint density at radius 3 is 2.90 bits per heavy atom. The van der Waals surface area contributed by atoms with Gasteiger partial charge in [0.15, 0.2) is 10.8 Å². The molecular weight excluding hydrogens is 294 g/mol. The van der Waals surface area contributed by atoms with Crippen LogP contribution in [0.1, 0.15) is 27.8 Å². The Kier molecular flexibility index (Phi) is 4.49. The summed E-state index contributed by atoms with van der Waals surface area (Å²) in [6, 6.07) is 2.76. The van der Waals surface area contributed by atoms with Crippen LogP contribution < -0.4 is 10.9 Å². The maximum atomic E-state index is 12.0. The van der Waals surface area contributed by atoms with Crippen LogP contribution in [-0.2, 0) is 11.8 Å². The first-order chi connectivity index (χ1) is 10.0. The zero-order chi connectivity index (χ0) is 15.4. The molecule has 0 bridgehead atoms. The number of hydrogen-bond acceptors (Lipinski definition) is 6. The van der Waals surface area contributed by atoms with Crippen LogP contribution >= 0.6 is 11.3 Å². The van der Waals surface area contributed by atoms with Crippen LogP contribution in [0.3, 0.4) is 0 Å². The molecule has 0 fully saturated rings. The van der Waals surface area contributed by atoms with Crippen molar-refractivity contribution < 1.29 is 14.3 Å². The van der Waals surface area contributed by atoms with Crippen molar-refractivity contribution in [2.75, 3.05) is 11.9 Å². The zero-order valence-electron chi connectivity index (χ0n) is 11.5. The fourth-order valence-corrected chi connectivity index (χ4v) is 2.16. The van der Waals surface area contributed by atoms with E-state index in [1.165, 1.54) is 28.3 Å². The standard InChI is InChI=1S/C13H13N3O4S/c1-3-20-12(19)9-7-21-13(14-9)15-11(18)8-4-5-16(2)10(17)6-8/h4-7H,3H2,1-2H3,(H,14,15,18). The largest absolute Gasteiger partial charge is 0.461 e. The summed E-state index contributed by atoms with van der Waals surface area (Å²) >= 11 is 1.11. The van der Waals surface area contributed by atoms with E-state index in [1.807, 2.05) is 0 Å². The minimum atomic E-state index is -0.539. The number of rotatable bonds is 4. The Hall–Kier alpha value is -2.48. The topological polar surface area (TPSA) is 90.3 Å². The van der Waals surface area contributed by atoms with Crippen molar-refractivity contribution in [1.82, 2.24) is 9.55 Å². The van der Waals surface area contributed by atoms with E-state index in [4.69, 9.17) is 4.74 Å². The molecule has 0 saturated heterocycles. The highest BCUT2D eigenvalue weighted by Gasteiger charge is 2.14. The van der Waals surface area contributed by atoms with E-state index in [-0.39, 0.29) is 28.6 Å². The number of carbonyl (C=O) groups excluding carboxylic acids is 2. The first kappa shape index (κ1) is 14.9. The molecule has 0 aromatic carbocycles. The van der Waals surface area contributed by atoms with Gasteiger partial charge in [0.2, 0.25) is 0 Å². The van der Waals surface area contributed by atoms with E-state index in [0.29, 0.717) is 0 Å². The Morgan fingerprint density at radius 1 is 1.48 bits per heavy atom. The number of esters is 1. The lowest BCUT2D eigenvalue weighted by Crippen LogP contribution is -2.20. The third-order valence-corrected chi connectivity index (χ3v) is 3.33. The predicted octanol–water partition coefficient (Wildman–Crippen LogP) is 1.27. The monoisotopic (exact) mass is 307 g/mol. The fraction of sp³-hybridized carbons (Fsp3) is 0.231. The Morgan fingerprint density at radius 2 is 2.24 bits per heavy atom. The van der Waals surface area contributed by atoms with Crippen LogP contribution in [0.15, 0.2) is 28.5 Å². The van der Waals surface area contributed by atoms with Gasteiger partial charge in [-0.15, -0.1) is 11.3 Å². The average molecular weight is 307 g/mol. The Labute approximate surface area is 124 Å². The Bertz CT molecular complexity index is 735. The molecule has 0 radical (unpaired) electrons. The van der Waals surface area contributed by atoms with Crippen molar-refractivity contribution in [3.05, 3.63) is 45.3 Å². The van der Waals surface area contributed by atoms with E-state index in [0.717, 1.165) is 11.3 Å². The number of thiazole rings is 1. The van der Waals surface area contributed by atoms with Gasteiger partial charge in [0.25, 0.3) is 11.5 Å². The molecule has 0 aliphatic carbocycles. The third-order valence-electron chi connectivity index (χ3n) is 2.58. The number of nitrogens with zero attached hydrogens (tertiary/aromatic N) is 2. The van der Waals surface area contributed by atoms with Gasteiger partial charge in [0.05, 0.1) is 6.61 Å². The molecule has 7 nitrogen and oxygen atoms in total. The predicted molar refractivity (Wildman–Crippen MR) is 77.7 cm³/mol. The molecule has 2 aromatic rings. The van der Waals surface area contributed by atoms with Crippen LogP contribution in [0.25, 0.3) is 0 Å². The highest BCUT2D eigenvalue weighted by Crippen LogP contribution is 2.17.